The van der Waals surface area contributed by atoms with Crippen LogP contribution in [-0.2, 0) is 24.3 Å². The van der Waals surface area contributed by atoms with Crippen LogP contribution in [0.2, 0.25) is 0 Å². The zero-order chi connectivity index (χ0) is 13.6. The highest BCUT2D eigenvalue weighted by Gasteiger charge is 2.35. The summed E-state index contributed by atoms with van der Waals surface area (Å²) in [4.78, 5) is 11.2. The number of ether oxygens (including phenoxy) is 2. The molecule has 0 aromatic rings. The van der Waals surface area contributed by atoms with Crippen molar-refractivity contribution in [1.82, 2.24) is 4.31 Å². The highest BCUT2D eigenvalue weighted by molar-refractivity contribution is 7.89. The Morgan fingerprint density at radius 1 is 1.44 bits per heavy atom. The van der Waals surface area contributed by atoms with Crippen LogP contribution in [0.3, 0.4) is 0 Å². The van der Waals surface area contributed by atoms with E-state index >= 15 is 0 Å². The molecular formula is C9H19N3O5S. The van der Waals surface area contributed by atoms with E-state index in [9.17, 15) is 13.2 Å². The van der Waals surface area contributed by atoms with Gasteiger partial charge in [0.2, 0.25) is 15.9 Å². The Kier molecular flexibility index (Phi) is 5.96. The van der Waals surface area contributed by atoms with Crippen molar-refractivity contribution in [3.63, 3.8) is 0 Å². The van der Waals surface area contributed by atoms with Gasteiger partial charge in [-0.3, -0.25) is 4.79 Å². The van der Waals surface area contributed by atoms with E-state index in [1.165, 1.54) is 0 Å². The Morgan fingerprint density at radius 2 is 2.17 bits per heavy atom. The van der Waals surface area contributed by atoms with Crippen molar-refractivity contribution < 1.29 is 22.7 Å². The van der Waals surface area contributed by atoms with Crippen molar-refractivity contribution in [2.45, 2.75) is 6.04 Å². The quantitative estimate of drug-likeness (QED) is 0.496. The summed E-state index contributed by atoms with van der Waals surface area (Å²) >= 11 is 0. The molecule has 0 spiro atoms. The minimum atomic E-state index is -3.57. The third-order valence-corrected chi connectivity index (χ3v) is 4.35. The van der Waals surface area contributed by atoms with Crippen molar-refractivity contribution in [2.24, 2.45) is 11.5 Å². The van der Waals surface area contributed by atoms with Crippen LogP contribution < -0.4 is 11.5 Å². The Hall–Kier alpha value is -0.740. The van der Waals surface area contributed by atoms with E-state index in [1.807, 2.05) is 0 Å². The summed E-state index contributed by atoms with van der Waals surface area (Å²) in [5.41, 5.74) is 10.4. The van der Waals surface area contributed by atoms with Crippen molar-refractivity contribution in [2.75, 3.05) is 45.3 Å². The minimum absolute atomic E-state index is 0.00177. The molecule has 1 unspecified atom stereocenters. The predicted octanol–water partition coefficient (Wildman–Crippen LogP) is -2.52. The molecule has 0 aromatic carbocycles. The predicted molar refractivity (Wildman–Crippen MR) is 64.2 cm³/mol. The van der Waals surface area contributed by atoms with Crippen molar-refractivity contribution in [3.05, 3.63) is 0 Å². The molecule has 0 aliphatic carbocycles. The van der Waals surface area contributed by atoms with Crippen molar-refractivity contribution in [1.29, 1.82) is 0 Å². The number of sulfonamides is 1. The first-order valence-corrected chi connectivity index (χ1v) is 7.24. The SMILES string of the molecule is NCCOCCS(=O)(=O)N1CCOCC1C(N)=O. The van der Waals surface area contributed by atoms with Gasteiger partial charge in [0.25, 0.3) is 0 Å². The lowest BCUT2D eigenvalue weighted by Crippen LogP contribution is -2.55. The maximum Gasteiger partial charge on any atom is 0.238 e. The molecule has 1 amide bonds. The van der Waals surface area contributed by atoms with Crippen LogP contribution in [0.4, 0.5) is 0 Å². The van der Waals surface area contributed by atoms with E-state index in [2.05, 4.69) is 0 Å². The molecule has 1 aliphatic heterocycles. The van der Waals surface area contributed by atoms with Crippen LogP contribution in [0, 0.1) is 0 Å². The van der Waals surface area contributed by atoms with Crippen LogP contribution in [0.5, 0.6) is 0 Å². The van der Waals surface area contributed by atoms with Gasteiger partial charge in [-0.25, -0.2) is 8.42 Å². The number of carbonyl (C=O) groups excluding carboxylic acids is 1. The molecule has 1 rings (SSSR count). The molecule has 0 aromatic heterocycles. The number of morpholine rings is 1. The fraction of sp³-hybridized carbons (Fsp3) is 0.889. The van der Waals surface area contributed by atoms with Crippen molar-refractivity contribution in [3.8, 4) is 0 Å². The average Bonchev–Trinajstić information content (AvgIpc) is 2.35. The number of nitrogens with zero attached hydrogens (tertiary/aromatic N) is 1. The molecule has 1 atom stereocenters. The van der Waals surface area contributed by atoms with Gasteiger partial charge in [0, 0.05) is 13.1 Å². The first-order valence-electron chi connectivity index (χ1n) is 5.63. The first-order chi connectivity index (χ1) is 8.49. The number of rotatable bonds is 7. The number of amides is 1. The molecule has 1 fully saturated rings. The Morgan fingerprint density at radius 3 is 2.78 bits per heavy atom. The summed E-state index contributed by atoms with van der Waals surface area (Å²) in [6.45, 7) is 1.07. The lowest BCUT2D eigenvalue weighted by Gasteiger charge is -2.32. The Bertz CT molecular complexity index is 372. The lowest BCUT2D eigenvalue weighted by molar-refractivity contribution is -0.125. The summed E-state index contributed by atoms with van der Waals surface area (Å²) < 4.78 is 35.2. The zero-order valence-electron chi connectivity index (χ0n) is 10.1. The molecule has 1 saturated heterocycles. The minimum Gasteiger partial charge on any atom is -0.379 e. The van der Waals surface area contributed by atoms with Crippen LogP contribution >= 0.6 is 0 Å². The maximum absolute atomic E-state index is 12.0. The number of carbonyl (C=O) groups is 1. The van der Waals surface area contributed by atoms with Gasteiger partial charge < -0.3 is 20.9 Å². The van der Waals surface area contributed by atoms with E-state index in [0.29, 0.717) is 13.2 Å². The van der Waals surface area contributed by atoms with Gasteiger partial charge in [0.15, 0.2) is 0 Å². The van der Waals surface area contributed by atoms with Gasteiger partial charge in [-0.2, -0.15) is 4.31 Å². The fourth-order valence-electron chi connectivity index (χ4n) is 1.61. The number of hydrogen-bond donors (Lipinski definition) is 2. The van der Waals surface area contributed by atoms with Gasteiger partial charge in [-0.15, -0.1) is 0 Å². The third kappa shape index (κ3) is 4.18. The second-order valence-electron chi connectivity index (χ2n) is 3.82. The molecular weight excluding hydrogens is 262 g/mol. The standard InChI is InChI=1S/C9H19N3O5S/c10-1-3-16-5-6-18(14,15)12-2-4-17-7-8(12)9(11)13/h8H,1-7,10H2,(H2,11,13). The molecule has 8 nitrogen and oxygen atoms in total. The molecule has 0 saturated carbocycles. The highest BCUT2D eigenvalue weighted by Crippen LogP contribution is 2.12. The van der Waals surface area contributed by atoms with Gasteiger partial charge in [-0.1, -0.05) is 0 Å². The van der Waals surface area contributed by atoms with Gasteiger partial charge in [-0.05, 0) is 0 Å². The number of primary amides is 1. The average molecular weight is 281 g/mol. The summed E-state index contributed by atoms with van der Waals surface area (Å²) in [6, 6.07) is -0.932. The first kappa shape index (κ1) is 15.3. The normalized spacial score (nSPS) is 21.9. The Balaban J connectivity index is 2.60. The molecule has 0 radical (unpaired) electrons. The van der Waals surface area contributed by atoms with Gasteiger partial charge >= 0.3 is 0 Å². The molecule has 4 N–H and O–H groups in total. The fourth-order valence-corrected chi connectivity index (χ4v) is 3.08. The number of nitrogens with two attached hydrogens (primary N) is 2. The molecule has 1 heterocycles. The van der Waals surface area contributed by atoms with Gasteiger partial charge in [0.1, 0.15) is 6.04 Å². The lowest BCUT2D eigenvalue weighted by atomic mass is 10.3. The van der Waals surface area contributed by atoms with E-state index in [4.69, 9.17) is 20.9 Å². The van der Waals surface area contributed by atoms with Crippen LogP contribution in [0.25, 0.3) is 0 Å². The van der Waals surface area contributed by atoms with Crippen LogP contribution in [0.15, 0.2) is 0 Å². The molecule has 18 heavy (non-hydrogen) atoms. The Labute approximate surface area is 106 Å². The van der Waals surface area contributed by atoms with E-state index in [0.717, 1.165) is 4.31 Å². The molecule has 0 bridgehead atoms. The smallest absolute Gasteiger partial charge is 0.238 e. The van der Waals surface area contributed by atoms with E-state index in [1.54, 1.807) is 0 Å². The summed E-state index contributed by atoms with van der Waals surface area (Å²) in [7, 11) is -3.57. The molecule has 106 valence electrons. The summed E-state index contributed by atoms with van der Waals surface area (Å²) in [5.74, 6) is -0.905. The topological polar surface area (TPSA) is 125 Å². The third-order valence-electron chi connectivity index (χ3n) is 2.51. The van der Waals surface area contributed by atoms with Gasteiger partial charge in [0.05, 0.1) is 32.2 Å². The maximum atomic E-state index is 12.0. The van der Waals surface area contributed by atoms with Crippen LogP contribution in [-0.4, -0.2) is 69.9 Å². The highest BCUT2D eigenvalue weighted by atomic mass is 32.2. The second kappa shape index (κ2) is 7.00. The molecule has 9 heteroatoms. The second-order valence-corrected chi connectivity index (χ2v) is 5.86. The zero-order valence-corrected chi connectivity index (χ0v) is 10.9. The largest absolute Gasteiger partial charge is 0.379 e. The number of hydrogen-bond acceptors (Lipinski definition) is 6. The monoisotopic (exact) mass is 281 g/mol. The summed E-state index contributed by atoms with van der Waals surface area (Å²) in [5, 5.41) is 0. The van der Waals surface area contributed by atoms with Crippen molar-refractivity contribution >= 4 is 15.9 Å². The van der Waals surface area contributed by atoms with E-state index in [-0.39, 0.29) is 32.1 Å². The summed E-state index contributed by atoms with van der Waals surface area (Å²) in [6.07, 6.45) is 0. The van der Waals surface area contributed by atoms with Crippen LogP contribution in [0.1, 0.15) is 0 Å². The molecule has 1 aliphatic rings. The van der Waals surface area contributed by atoms with E-state index < -0.39 is 22.0 Å².